The third kappa shape index (κ3) is 6.10. The van der Waals surface area contributed by atoms with Gasteiger partial charge in [-0.2, -0.15) is 0 Å². The maximum atomic E-state index is 12.3. The molecule has 0 aromatic heterocycles. The van der Waals surface area contributed by atoms with Gasteiger partial charge in [-0.3, -0.25) is 4.79 Å². The average Bonchev–Trinajstić information content (AvgIpc) is 2.60. The van der Waals surface area contributed by atoms with Crippen LogP contribution in [0.3, 0.4) is 0 Å². The van der Waals surface area contributed by atoms with Crippen molar-refractivity contribution in [2.45, 2.75) is 33.1 Å². The quantitative estimate of drug-likeness (QED) is 0.655. The fourth-order valence-corrected chi connectivity index (χ4v) is 2.85. The van der Waals surface area contributed by atoms with Crippen LogP contribution in [0, 0.1) is 0 Å². The summed E-state index contributed by atoms with van der Waals surface area (Å²) in [5.41, 5.74) is 1.79. The molecule has 2 aromatic carbocycles. The van der Waals surface area contributed by atoms with E-state index in [4.69, 9.17) is 9.47 Å². The van der Waals surface area contributed by atoms with Gasteiger partial charge >= 0.3 is 5.97 Å². The Balaban J connectivity index is 2.04. The third-order valence-corrected chi connectivity index (χ3v) is 4.26. The summed E-state index contributed by atoms with van der Waals surface area (Å²) < 4.78 is 11.7. The first kappa shape index (κ1) is 21.0. The van der Waals surface area contributed by atoms with Gasteiger partial charge in [0.05, 0.1) is 12.2 Å². The first-order valence-corrected chi connectivity index (χ1v) is 9.50. The highest BCUT2D eigenvalue weighted by atomic mass is 79.9. The summed E-state index contributed by atoms with van der Waals surface area (Å²) in [6.07, 6.45) is 0. The number of hydrogen-bond acceptors (Lipinski definition) is 4. The van der Waals surface area contributed by atoms with Crippen molar-refractivity contribution in [1.82, 2.24) is 0 Å². The topological polar surface area (TPSA) is 64.6 Å². The molecule has 2 aromatic rings. The number of anilines is 1. The molecule has 0 fully saturated rings. The maximum absolute atomic E-state index is 12.3. The highest BCUT2D eigenvalue weighted by molar-refractivity contribution is 9.10. The van der Waals surface area contributed by atoms with Crippen molar-refractivity contribution in [3.63, 3.8) is 0 Å². The zero-order chi connectivity index (χ0) is 20.0. The number of nitrogens with one attached hydrogen (secondary N) is 1. The number of rotatable bonds is 6. The first-order valence-electron chi connectivity index (χ1n) is 8.70. The molecule has 0 bridgehead atoms. The van der Waals surface area contributed by atoms with E-state index in [-0.39, 0.29) is 17.9 Å². The number of amides is 1. The molecule has 0 spiro atoms. The largest absolute Gasteiger partial charge is 0.483 e. The van der Waals surface area contributed by atoms with Crippen LogP contribution in [0.4, 0.5) is 5.69 Å². The molecule has 0 saturated carbocycles. The van der Waals surface area contributed by atoms with Crippen molar-refractivity contribution in [1.29, 1.82) is 0 Å². The molecule has 5 nitrogen and oxygen atoms in total. The van der Waals surface area contributed by atoms with Gasteiger partial charge in [-0.1, -0.05) is 42.8 Å². The summed E-state index contributed by atoms with van der Waals surface area (Å²) in [5.74, 6) is -0.0607. The van der Waals surface area contributed by atoms with Crippen LogP contribution in [0.15, 0.2) is 46.9 Å². The van der Waals surface area contributed by atoms with E-state index in [2.05, 4.69) is 42.0 Å². The van der Waals surface area contributed by atoms with Gasteiger partial charge in [0.25, 0.3) is 5.91 Å². The Morgan fingerprint density at radius 2 is 1.85 bits per heavy atom. The van der Waals surface area contributed by atoms with Crippen molar-refractivity contribution < 1.29 is 19.1 Å². The summed E-state index contributed by atoms with van der Waals surface area (Å²) in [7, 11) is 0. The lowest BCUT2D eigenvalue weighted by atomic mass is 9.86. The van der Waals surface area contributed by atoms with E-state index in [1.54, 1.807) is 31.2 Å². The van der Waals surface area contributed by atoms with Crippen LogP contribution in [-0.2, 0) is 14.9 Å². The summed E-state index contributed by atoms with van der Waals surface area (Å²) in [4.78, 5) is 24.0. The van der Waals surface area contributed by atoms with Crippen LogP contribution in [-0.4, -0.2) is 25.1 Å². The van der Waals surface area contributed by atoms with Crippen molar-refractivity contribution in [3.05, 3.63) is 58.1 Å². The molecule has 27 heavy (non-hydrogen) atoms. The molecule has 0 radical (unpaired) electrons. The lowest BCUT2D eigenvalue weighted by Gasteiger charge is -2.23. The smallest absolute Gasteiger partial charge is 0.338 e. The van der Waals surface area contributed by atoms with Crippen LogP contribution < -0.4 is 10.1 Å². The average molecular weight is 434 g/mol. The number of carbonyl (C=O) groups is 2. The van der Waals surface area contributed by atoms with Gasteiger partial charge < -0.3 is 14.8 Å². The second kappa shape index (κ2) is 9.04. The number of halogens is 1. The Kier molecular flexibility index (Phi) is 7.02. The molecular weight excluding hydrogens is 410 g/mol. The minimum absolute atomic E-state index is 0.121. The third-order valence-electron chi connectivity index (χ3n) is 3.77. The van der Waals surface area contributed by atoms with Crippen LogP contribution in [0.2, 0.25) is 0 Å². The molecule has 0 atom stereocenters. The molecule has 0 saturated heterocycles. The van der Waals surface area contributed by atoms with Gasteiger partial charge in [0.15, 0.2) is 6.61 Å². The summed E-state index contributed by atoms with van der Waals surface area (Å²) in [6, 6.07) is 12.3. The number of benzene rings is 2. The molecule has 0 unspecified atom stereocenters. The predicted molar refractivity (Wildman–Crippen MR) is 109 cm³/mol. The number of hydrogen-bond donors (Lipinski definition) is 1. The standard InChI is InChI=1S/C21H24BrNO4/c1-5-26-20(25)14-7-6-8-16(11-14)23-19(24)13-27-18-10-9-15(22)12-17(18)21(2,3)4/h6-12H,5,13H2,1-4H3,(H,23,24). The molecule has 0 heterocycles. The molecule has 1 N–H and O–H groups in total. The lowest BCUT2D eigenvalue weighted by molar-refractivity contribution is -0.118. The van der Waals surface area contributed by atoms with Crippen LogP contribution >= 0.6 is 15.9 Å². The van der Waals surface area contributed by atoms with Crippen LogP contribution in [0.1, 0.15) is 43.6 Å². The Labute approximate surface area is 168 Å². The summed E-state index contributed by atoms with van der Waals surface area (Å²) in [5, 5.41) is 2.74. The predicted octanol–water partition coefficient (Wildman–Crippen LogP) is 4.94. The normalized spacial score (nSPS) is 11.0. The van der Waals surface area contributed by atoms with Gasteiger partial charge in [-0.05, 0) is 48.7 Å². The van der Waals surface area contributed by atoms with E-state index in [1.807, 2.05) is 18.2 Å². The van der Waals surface area contributed by atoms with Gasteiger partial charge in [-0.15, -0.1) is 0 Å². The van der Waals surface area contributed by atoms with E-state index in [0.717, 1.165) is 10.0 Å². The summed E-state index contributed by atoms with van der Waals surface area (Å²) in [6.45, 7) is 8.17. The molecule has 0 aliphatic heterocycles. The summed E-state index contributed by atoms with van der Waals surface area (Å²) >= 11 is 3.47. The lowest BCUT2D eigenvalue weighted by Crippen LogP contribution is -2.22. The Morgan fingerprint density at radius 1 is 1.11 bits per heavy atom. The maximum Gasteiger partial charge on any atom is 0.338 e. The highest BCUT2D eigenvalue weighted by Gasteiger charge is 2.20. The minimum Gasteiger partial charge on any atom is -0.483 e. The van der Waals surface area contributed by atoms with Crippen LogP contribution in [0.5, 0.6) is 5.75 Å². The van der Waals surface area contributed by atoms with Crippen LogP contribution in [0.25, 0.3) is 0 Å². The fraction of sp³-hybridized carbons (Fsp3) is 0.333. The Bertz CT molecular complexity index is 827. The van der Waals surface area contributed by atoms with Gasteiger partial charge in [-0.25, -0.2) is 4.79 Å². The van der Waals surface area contributed by atoms with E-state index < -0.39 is 5.97 Å². The van der Waals surface area contributed by atoms with Gasteiger partial charge in [0.2, 0.25) is 0 Å². The van der Waals surface area contributed by atoms with Crippen molar-refractivity contribution in [3.8, 4) is 5.75 Å². The fourth-order valence-electron chi connectivity index (χ4n) is 2.49. The first-order chi connectivity index (χ1) is 12.7. The van der Waals surface area contributed by atoms with E-state index in [0.29, 0.717) is 23.6 Å². The molecule has 144 valence electrons. The molecular formula is C21H24BrNO4. The van der Waals surface area contributed by atoms with E-state index in [1.165, 1.54) is 0 Å². The number of ether oxygens (including phenoxy) is 2. The van der Waals surface area contributed by atoms with Gasteiger partial charge in [0, 0.05) is 15.7 Å². The second-order valence-corrected chi connectivity index (χ2v) is 7.94. The Morgan fingerprint density at radius 3 is 2.52 bits per heavy atom. The molecule has 6 heteroatoms. The molecule has 2 rings (SSSR count). The Hall–Kier alpha value is -2.34. The SMILES string of the molecule is CCOC(=O)c1cccc(NC(=O)COc2ccc(Br)cc2C(C)(C)C)c1. The second-order valence-electron chi connectivity index (χ2n) is 7.03. The number of carbonyl (C=O) groups excluding carboxylic acids is 2. The monoisotopic (exact) mass is 433 g/mol. The van der Waals surface area contributed by atoms with Crippen molar-refractivity contribution >= 4 is 33.5 Å². The minimum atomic E-state index is -0.422. The molecule has 1 amide bonds. The zero-order valence-corrected chi connectivity index (χ0v) is 17.6. The van der Waals surface area contributed by atoms with Gasteiger partial charge in [0.1, 0.15) is 5.75 Å². The van der Waals surface area contributed by atoms with E-state index >= 15 is 0 Å². The van der Waals surface area contributed by atoms with Crippen molar-refractivity contribution in [2.75, 3.05) is 18.5 Å². The highest BCUT2D eigenvalue weighted by Crippen LogP contribution is 2.33. The van der Waals surface area contributed by atoms with Crippen molar-refractivity contribution in [2.24, 2.45) is 0 Å². The molecule has 0 aliphatic rings. The zero-order valence-electron chi connectivity index (χ0n) is 16.0. The van der Waals surface area contributed by atoms with E-state index in [9.17, 15) is 9.59 Å². The molecule has 0 aliphatic carbocycles. The number of esters is 1.